The fourth-order valence-corrected chi connectivity index (χ4v) is 1.40. The van der Waals surface area contributed by atoms with E-state index in [9.17, 15) is 0 Å². The summed E-state index contributed by atoms with van der Waals surface area (Å²) >= 11 is 0. The van der Waals surface area contributed by atoms with Gasteiger partial charge in [0.1, 0.15) is 0 Å². The lowest BCUT2D eigenvalue weighted by Gasteiger charge is -2.32. The van der Waals surface area contributed by atoms with E-state index in [2.05, 4.69) is 5.32 Å². The maximum atomic E-state index is 5.86. The van der Waals surface area contributed by atoms with Crippen LogP contribution in [0, 0.1) is 0 Å². The summed E-state index contributed by atoms with van der Waals surface area (Å²) in [5.41, 5.74) is 5.96. The zero-order valence-electron chi connectivity index (χ0n) is 12.3. The van der Waals surface area contributed by atoms with Crippen LogP contribution in [0.1, 0.15) is 41.5 Å². The lowest BCUT2D eigenvalue weighted by molar-refractivity contribution is 0.00578. The summed E-state index contributed by atoms with van der Waals surface area (Å²) in [7, 11) is 1.49. The Balaban J connectivity index is 0.00000121. The fourth-order valence-electron chi connectivity index (χ4n) is 1.40. The number of nitrogens with one attached hydrogen (secondary N) is 1. The molecule has 0 atom stereocenters. The number of rotatable bonds is 3. The highest BCUT2D eigenvalue weighted by molar-refractivity contribution is 6.54. The summed E-state index contributed by atoms with van der Waals surface area (Å²) in [4.78, 5) is 0. The van der Waals surface area contributed by atoms with Gasteiger partial charge in [0.25, 0.3) is 0 Å². The molecule has 5 heteroatoms. The third-order valence-electron chi connectivity index (χ3n) is 3.12. The fraction of sp³-hybridized carbons (Fsp3) is 0.833. The molecule has 0 saturated carbocycles. The van der Waals surface area contributed by atoms with Crippen molar-refractivity contribution in [3.05, 3.63) is 11.7 Å². The molecule has 3 N–H and O–H groups in total. The number of hydrogen-bond acceptors (Lipinski definition) is 4. The first-order valence-electron chi connectivity index (χ1n) is 6.26. The minimum Gasteiger partial charge on any atom is -0.399 e. The van der Waals surface area contributed by atoms with E-state index in [-0.39, 0.29) is 18.3 Å². The van der Waals surface area contributed by atoms with Crippen LogP contribution in [-0.4, -0.2) is 31.9 Å². The first-order chi connectivity index (χ1) is 7.84. The Morgan fingerprint density at radius 3 is 1.88 bits per heavy atom. The highest BCUT2D eigenvalue weighted by Crippen LogP contribution is 2.38. The van der Waals surface area contributed by atoms with Gasteiger partial charge in [-0.1, -0.05) is 13.8 Å². The molecule has 100 valence electrons. The van der Waals surface area contributed by atoms with Crippen molar-refractivity contribution < 1.29 is 9.31 Å². The topological polar surface area (TPSA) is 56.5 Å². The van der Waals surface area contributed by atoms with Crippen LogP contribution in [0.25, 0.3) is 0 Å². The van der Waals surface area contributed by atoms with Gasteiger partial charge >= 0.3 is 7.12 Å². The largest absolute Gasteiger partial charge is 0.493 e. The summed E-state index contributed by atoms with van der Waals surface area (Å²) in [6.45, 7) is 12.5. The zero-order chi connectivity index (χ0) is 13.7. The van der Waals surface area contributed by atoms with Crippen molar-refractivity contribution in [2.24, 2.45) is 5.73 Å². The predicted octanol–water partition coefficient (Wildman–Crippen LogP) is 1.71. The summed E-state index contributed by atoms with van der Waals surface area (Å²) in [5.74, 6) is 0. The molecule has 17 heavy (non-hydrogen) atoms. The second-order valence-electron chi connectivity index (χ2n) is 4.80. The number of nitrogens with two attached hydrogens (primary N) is 1. The quantitative estimate of drug-likeness (QED) is 0.739. The normalized spacial score (nSPS) is 21.9. The molecule has 0 aromatic heterocycles. The van der Waals surface area contributed by atoms with E-state index in [1.807, 2.05) is 54.8 Å². The Morgan fingerprint density at radius 1 is 1.18 bits per heavy atom. The van der Waals surface area contributed by atoms with E-state index >= 15 is 0 Å². The monoisotopic (exact) mass is 242 g/mol. The number of hydrogen-bond donors (Lipinski definition) is 2. The van der Waals surface area contributed by atoms with Crippen LogP contribution in [0.4, 0.5) is 0 Å². The molecule has 0 amide bonds. The highest BCUT2D eigenvalue weighted by Gasteiger charge is 2.52. The molecule has 1 saturated heterocycles. The molecule has 0 spiro atoms. The molecule has 0 unspecified atom stereocenters. The van der Waals surface area contributed by atoms with E-state index < -0.39 is 0 Å². The molecule has 0 radical (unpaired) electrons. The lowest BCUT2D eigenvalue weighted by atomic mass is 9.79. The van der Waals surface area contributed by atoms with Gasteiger partial charge in [0.15, 0.2) is 0 Å². The molecule has 1 rings (SSSR count). The highest BCUT2D eigenvalue weighted by atomic mass is 16.7. The van der Waals surface area contributed by atoms with E-state index in [1.165, 1.54) is 0 Å². The van der Waals surface area contributed by atoms with Crippen molar-refractivity contribution in [2.45, 2.75) is 52.7 Å². The van der Waals surface area contributed by atoms with Crippen LogP contribution < -0.4 is 11.1 Å². The molecule has 1 aliphatic heterocycles. The minimum absolute atomic E-state index is 0.306. The molecule has 1 aliphatic rings. The van der Waals surface area contributed by atoms with Crippen molar-refractivity contribution in [2.75, 3.05) is 13.6 Å². The second-order valence-corrected chi connectivity index (χ2v) is 4.80. The Bertz CT molecular complexity index is 249. The SMILES string of the molecule is CC.CN/C=C(\CN)B1OC(C)(C)C(C)(C)O1. The Kier molecular flexibility index (Phi) is 6.23. The van der Waals surface area contributed by atoms with Crippen LogP contribution >= 0.6 is 0 Å². The van der Waals surface area contributed by atoms with Gasteiger partial charge in [-0.15, -0.1) is 0 Å². The Morgan fingerprint density at radius 2 is 1.59 bits per heavy atom. The maximum Gasteiger partial charge on any atom is 0.493 e. The average molecular weight is 242 g/mol. The summed E-state index contributed by atoms with van der Waals surface area (Å²) in [5, 5.41) is 2.95. The van der Waals surface area contributed by atoms with Crippen LogP contribution in [-0.2, 0) is 9.31 Å². The zero-order valence-corrected chi connectivity index (χ0v) is 12.3. The third kappa shape index (κ3) is 3.73. The van der Waals surface area contributed by atoms with Crippen LogP contribution in [0.2, 0.25) is 0 Å². The van der Waals surface area contributed by atoms with Gasteiger partial charge in [-0.2, -0.15) is 0 Å². The lowest BCUT2D eigenvalue weighted by Crippen LogP contribution is -2.41. The molecule has 1 fully saturated rings. The minimum atomic E-state index is -0.340. The van der Waals surface area contributed by atoms with E-state index in [0.717, 1.165) is 5.47 Å². The van der Waals surface area contributed by atoms with E-state index in [1.54, 1.807) is 0 Å². The maximum absolute atomic E-state index is 5.86. The molecule has 4 nitrogen and oxygen atoms in total. The van der Waals surface area contributed by atoms with Crippen LogP contribution in [0.5, 0.6) is 0 Å². The average Bonchev–Trinajstić information content (AvgIpc) is 2.47. The van der Waals surface area contributed by atoms with Crippen molar-refractivity contribution in [3.63, 3.8) is 0 Å². The first-order valence-corrected chi connectivity index (χ1v) is 6.26. The Labute approximate surface area is 106 Å². The van der Waals surface area contributed by atoms with E-state index in [0.29, 0.717) is 6.54 Å². The van der Waals surface area contributed by atoms with Gasteiger partial charge in [0, 0.05) is 13.6 Å². The molecule has 1 heterocycles. The van der Waals surface area contributed by atoms with Crippen molar-refractivity contribution >= 4 is 7.12 Å². The molecular weight excluding hydrogens is 215 g/mol. The van der Waals surface area contributed by atoms with Gasteiger partial charge in [-0.05, 0) is 39.4 Å². The smallest absolute Gasteiger partial charge is 0.399 e. The molecular formula is C12H27BN2O2. The summed E-state index contributed by atoms with van der Waals surface area (Å²) < 4.78 is 11.7. The molecule has 0 aromatic rings. The van der Waals surface area contributed by atoms with Gasteiger partial charge in [-0.25, -0.2) is 0 Å². The van der Waals surface area contributed by atoms with E-state index in [4.69, 9.17) is 15.0 Å². The van der Waals surface area contributed by atoms with Gasteiger partial charge in [0.2, 0.25) is 0 Å². The van der Waals surface area contributed by atoms with Gasteiger partial charge < -0.3 is 20.4 Å². The predicted molar refractivity (Wildman–Crippen MR) is 73.6 cm³/mol. The third-order valence-corrected chi connectivity index (χ3v) is 3.12. The van der Waals surface area contributed by atoms with Crippen LogP contribution in [0.3, 0.4) is 0 Å². The summed E-state index contributed by atoms with van der Waals surface area (Å²) in [6.07, 6.45) is 1.84. The van der Waals surface area contributed by atoms with Gasteiger partial charge in [0.05, 0.1) is 11.2 Å². The van der Waals surface area contributed by atoms with Crippen molar-refractivity contribution in [1.29, 1.82) is 0 Å². The van der Waals surface area contributed by atoms with Crippen LogP contribution in [0.15, 0.2) is 11.7 Å². The second kappa shape index (κ2) is 6.43. The molecule has 0 aliphatic carbocycles. The van der Waals surface area contributed by atoms with Crippen molar-refractivity contribution in [3.8, 4) is 0 Å². The Hall–Kier alpha value is -0.515. The summed E-state index contributed by atoms with van der Waals surface area (Å²) in [6, 6.07) is 0. The van der Waals surface area contributed by atoms with Crippen molar-refractivity contribution in [1.82, 2.24) is 5.32 Å². The van der Waals surface area contributed by atoms with Gasteiger partial charge in [-0.3, -0.25) is 0 Å². The standard InChI is InChI=1S/C10H21BN2O2.C2H6/c1-9(2)10(3,4)15-11(14-9)8(6-12)7-13-5;1-2/h7,13H,6,12H2,1-5H3;1-2H3/b8-7+;. The molecule has 0 bridgehead atoms. The first kappa shape index (κ1) is 16.5. The molecule has 0 aromatic carbocycles.